The first-order valence-electron chi connectivity index (χ1n) is 5.93. The third kappa shape index (κ3) is 5.11. The van der Waals surface area contributed by atoms with Crippen molar-refractivity contribution in [1.82, 2.24) is 15.5 Å². The number of hydrogen-bond acceptors (Lipinski definition) is 5. The highest BCUT2D eigenvalue weighted by molar-refractivity contribution is 5.91. The van der Waals surface area contributed by atoms with Gasteiger partial charge in [0.25, 0.3) is 5.91 Å². The van der Waals surface area contributed by atoms with Crippen LogP contribution in [-0.2, 0) is 11.3 Å². The van der Waals surface area contributed by atoms with Crippen molar-refractivity contribution in [2.45, 2.75) is 6.54 Å². The Kier molecular flexibility index (Phi) is 6.04. The van der Waals surface area contributed by atoms with E-state index in [0.29, 0.717) is 12.3 Å². The van der Waals surface area contributed by atoms with Crippen LogP contribution in [0.3, 0.4) is 0 Å². The van der Waals surface area contributed by atoms with Crippen LogP contribution < -0.4 is 10.6 Å². The maximum absolute atomic E-state index is 11.5. The molecule has 0 aliphatic heterocycles. The zero-order valence-corrected chi connectivity index (χ0v) is 11.1. The molecule has 3 N–H and O–H groups in total. The topological polar surface area (TPSA) is 94.8 Å². The molecule has 7 heteroatoms. The van der Waals surface area contributed by atoms with E-state index in [1.165, 1.54) is 7.05 Å². The molecule has 0 saturated heterocycles. The first kappa shape index (κ1) is 15.2. The molecule has 0 spiro atoms. The maximum atomic E-state index is 11.5. The Morgan fingerprint density at radius 3 is 2.79 bits per heavy atom. The molecule has 106 valence electrons. The second-order valence-corrected chi connectivity index (χ2v) is 4.08. The van der Waals surface area contributed by atoms with Crippen molar-refractivity contribution in [3.05, 3.63) is 23.7 Å². The van der Waals surface area contributed by atoms with Crippen molar-refractivity contribution in [3.63, 3.8) is 0 Å². The van der Waals surface area contributed by atoms with Gasteiger partial charge in [-0.15, -0.1) is 0 Å². The third-order valence-electron chi connectivity index (χ3n) is 2.47. The van der Waals surface area contributed by atoms with E-state index in [0.717, 1.165) is 0 Å². The maximum Gasteiger partial charge on any atom is 0.286 e. The van der Waals surface area contributed by atoms with E-state index in [4.69, 9.17) is 9.52 Å². The second kappa shape index (κ2) is 7.55. The van der Waals surface area contributed by atoms with Gasteiger partial charge >= 0.3 is 0 Å². The van der Waals surface area contributed by atoms with Crippen LogP contribution in [0, 0.1) is 0 Å². The monoisotopic (exact) mass is 269 g/mol. The predicted octanol–water partition coefficient (Wildman–Crippen LogP) is -0.820. The number of nitrogens with zero attached hydrogens (tertiary/aromatic N) is 1. The quantitative estimate of drug-likeness (QED) is 0.601. The highest BCUT2D eigenvalue weighted by atomic mass is 16.4. The Balaban J connectivity index is 2.38. The standard InChI is InChI=1S/C12H19N3O4/c1-13-12(18)10-4-3-9(19-10)7-14-11(17)8-15(2)5-6-16/h3-4,16H,5-8H2,1-2H3,(H,13,18)(H,14,17). The zero-order valence-electron chi connectivity index (χ0n) is 11.1. The Morgan fingerprint density at radius 2 is 2.16 bits per heavy atom. The molecular formula is C12H19N3O4. The number of carbonyl (C=O) groups excluding carboxylic acids is 2. The van der Waals surface area contributed by atoms with Gasteiger partial charge in [0.1, 0.15) is 5.76 Å². The SMILES string of the molecule is CNC(=O)c1ccc(CNC(=O)CN(C)CCO)o1. The van der Waals surface area contributed by atoms with Crippen molar-refractivity contribution >= 4 is 11.8 Å². The fraction of sp³-hybridized carbons (Fsp3) is 0.500. The molecule has 0 bridgehead atoms. The molecule has 1 aromatic rings. The van der Waals surface area contributed by atoms with E-state index < -0.39 is 0 Å². The molecule has 0 atom stereocenters. The van der Waals surface area contributed by atoms with Crippen molar-refractivity contribution < 1.29 is 19.1 Å². The van der Waals surface area contributed by atoms with Gasteiger partial charge in [0, 0.05) is 13.6 Å². The lowest BCUT2D eigenvalue weighted by atomic mass is 10.4. The van der Waals surface area contributed by atoms with E-state index in [2.05, 4.69) is 10.6 Å². The average molecular weight is 269 g/mol. The third-order valence-corrected chi connectivity index (χ3v) is 2.47. The molecule has 1 heterocycles. The van der Waals surface area contributed by atoms with E-state index in [1.54, 1.807) is 24.1 Å². The lowest BCUT2D eigenvalue weighted by Crippen LogP contribution is -2.36. The van der Waals surface area contributed by atoms with Crippen molar-refractivity contribution in [1.29, 1.82) is 0 Å². The summed E-state index contributed by atoms with van der Waals surface area (Å²) in [7, 11) is 3.26. The molecule has 0 fully saturated rings. The van der Waals surface area contributed by atoms with Crippen LogP contribution in [-0.4, -0.2) is 55.6 Å². The van der Waals surface area contributed by atoms with Crippen LogP contribution in [0.25, 0.3) is 0 Å². The van der Waals surface area contributed by atoms with Gasteiger partial charge in [0.05, 0.1) is 19.7 Å². The number of furan rings is 1. The summed E-state index contributed by atoms with van der Waals surface area (Å²) in [6.07, 6.45) is 0. The van der Waals surface area contributed by atoms with Gasteiger partial charge < -0.3 is 20.2 Å². The van der Waals surface area contributed by atoms with Gasteiger partial charge in [-0.1, -0.05) is 0 Å². The molecule has 0 unspecified atom stereocenters. The van der Waals surface area contributed by atoms with E-state index in [1.807, 2.05) is 0 Å². The molecule has 0 aliphatic rings. The number of amides is 2. The first-order valence-corrected chi connectivity index (χ1v) is 5.93. The lowest BCUT2D eigenvalue weighted by Gasteiger charge is -2.13. The molecular weight excluding hydrogens is 250 g/mol. The van der Waals surface area contributed by atoms with Crippen LogP contribution >= 0.6 is 0 Å². The van der Waals surface area contributed by atoms with Crippen LogP contribution in [0.15, 0.2) is 16.5 Å². The average Bonchev–Trinajstić information content (AvgIpc) is 2.84. The molecule has 0 radical (unpaired) electrons. The number of aliphatic hydroxyl groups is 1. The molecule has 19 heavy (non-hydrogen) atoms. The van der Waals surface area contributed by atoms with Crippen LogP contribution in [0.4, 0.5) is 0 Å². The summed E-state index contributed by atoms with van der Waals surface area (Å²) in [6.45, 7) is 0.874. The molecule has 2 amide bonds. The Morgan fingerprint density at radius 1 is 1.42 bits per heavy atom. The van der Waals surface area contributed by atoms with Gasteiger partial charge in [-0.3, -0.25) is 14.5 Å². The van der Waals surface area contributed by atoms with E-state index in [-0.39, 0.29) is 37.3 Å². The fourth-order valence-corrected chi connectivity index (χ4v) is 1.45. The normalized spacial score (nSPS) is 10.5. The van der Waals surface area contributed by atoms with Crippen LogP contribution in [0.2, 0.25) is 0 Å². The lowest BCUT2D eigenvalue weighted by molar-refractivity contribution is -0.122. The van der Waals surface area contributed by atoms with Crippen LogP contribution in [0.5, 0.6) is 0 Å². The van der Waals surface area contributed by atoms with E-state index in [9.17, 15) is 9.59 Å². The van der Waals surface area contributed by atoms with Crippen molar-refractivity contribution in [2.75, 3.05) is 33.8 Å². The largest absolute Gasteiger partial charge is 0.454 e. The number of rotatable bonds is 7. The number of aliphatic hydroxyl groups excluding tert-OH is 1. The smallest absolute Gasteiger partial charge is 0.286 e. The molecule has 0 aromatic carbocycles. The fourth-order valence-electron chi connectivity index (χ4n) is 1.45. The molecule has 0 aliphatic carbocycles. The summed E-state index contributed by atoms with van der Waals surface area (Å²) >= 11 is 0. The summed E-state index contributed by atoms with van der Waals surface area (Å²) in [4.78, 5) is 24.5. The van der Waals surface area contributed by atoms with Crippen molar-refractivity contribution in [3.8, 4) is 0 Å². The number of nitrogens with one attached hydrogen (secondary N) is 2. The minimum Gasteiger partial charge on any atom is -0.454 e. The van der Waals surface area contributed by atoms with Gasteiger partial charge in [-0.05, 0) is 19.2 Å². The summed E-state index contributed by atoms with van der Waals surface area (Å²) < 4.78 is 5.26. The molecule has 1 aromatic heterocycles. The summed E-state index contributed by atoms with van der Waals surface area (Å²) in [5.74, 6) is 0.245. The van der Waals surface area contributed by atoms with E-state index >= 15 is 0 Å². The zero-order chi connectivity index (χ0) is 14.3. The minimum absolute atomic E-state index is 0.0114. The Bertz CT molecular complexity index is 430. The van der Waals surface area contributed by atoms with Gasteiger partial charge in [-0.2, -0.15) is 0 Å². The van der Waals surface area contributed by atoms with Crippen LogP contribution in [0.1, 0.15) is 16.3 Å². The first-order chi connectivity index (χ1) is 9.06. The van der Waals surface area contributed by atoms with Gasteiger partial charge in [0.2, 0.25) is 5.91 Å². The number of carbonyl (C=O) groups is 2. The summed E-state index contributed by atoms with van der Waals surface area (Å²) in [6, 6.07) is 3.19. The Labute approximate surface area is 111 Å². The van der Waals surface area contributed by atoms with Crippen molar-refractivity contribution in [2.24, 2.45) is 0 Å². The number of likely N-dealkylation sites (N-methyl/N-ethyl adjacent to an activating group) is 1. The second-order valence-electron chi connectivity index (χ2n) is 4.08. The molecule has 1 rings (SSSR count). The van der Waals surface area contributed by atoms with Gasteiger partial charge in [-0.25, -0.2) is 0 Å². The summed E-state index contributed by atoms with van der Waals surface area (Å²) in [5, 5.41) is 13.8. The Hall–Kier alpha value is -1.86. The number of hydrogen-bond donors (Lipinski definition) is 3. The van der Waals surface area contributed by atoms with Gasteiger partial charge in [0.15, 0.2) is 5.76 Å². The summed E-state index contributed by atoms with van der Waals surface area (Å²) in [5.41, 5.74) is 0. The molecule has 7 nitrogen and oxygen atoms in total. The highest BCUT2D eigenvalue weighted by Crippen LogP contribution is 2.07. The minimum atomic E-state index is -0.305. The predicted molar refractivity (Wildman–Crippen MR) is 68.5 cm³/mol. The molecule has 0 saturated carbocycles. The highest BCUT2D eigenvalue weighted by Gasteiger charge is 2.10.